The molecule has 13 nitrogen and oxygen atoms in total. The number of carboxylic acids is 2. The molecule has 1 aromatic carbocycles. The van der Waals surface area contributed by atoms with Crippen molar-refractivity contribution in [2.45, 2.75) is 29.6 Å². The maximum absolute atomic E-state index is 12.9. The zero-order valence-corrected chi connectivity index (χ0v) is 21.1. The van der Waals surface area contributed by atoms with Gasteiger partial charge in [-0.2, -0.15) is 0 Å². The zero-order valence-electron chi connectivity index (χ0n) is 19.5. The van der Waals surface area contributed by atoms with E-state index in [9.17, 15) is 29.4 Å². The minimum atomic E-state index is -1.24. The molecule has 4 N–H and O–H groups in total. The molecule has 2 aliphatic rings. The normalized spacial score (nSPS) is 18.8. The standard InChI is InChI=1S/C22H23N5O8S2/c1-26-14(7-35-8-16(30)31)24-25-22(26)37-10-12-9-36-20-17(19(32)27(20)18(12)21(33)34)23-15(29)6-11-4-2-3-5-13(11)28/h2-5,17,20,28H,6-10H2,1H3,(H,23,29)(H,30,31)(H,33,34)/t17?,20-/m1/s1. The van der Waals surface area contributed by atoms with Gasteiger partial charge in [-0.3, -0.25) is 14.5 Å². The third-order valence-corrected chi connectivity index (χ3v) is 8.11. The van der Waals surface area contributed by atoms with Crippen LogP contribution in [-0.2, 0) is 44.0 Å². The van der Waals surface area contributed by atoms with Gasteiger partial charge in [-0.1, -0.05) is 30.0 Å². The SMILES string of the molecule is Cn1c(COCC(=O)O)nnc1SCC1=C(C(=O)O)N2C(=O)C(NC(=O)Cc3ccccc3O)[C@H]2SC1. The van der Waals surface area contributed by atoms with Gasteiger partial charge in [0.25, 0.3) is 5.91 Å². The molecule has 37 heavy (non-hydrogen) atoms. The number of hydrogen-bond acceptors (Lipinski definition) is 10. The van der Waals surface area contributed by atoms with E-state index in [0.717, 1.165) is 0 Å². The van der Waals surface area contributed by atoms with Crippen LogP contribution in [0.25, 0.3) is 0 Å². The maximum atomic E-state index is 12.9. The number of hydrogen-bond donors (Lipinski definition) is 4. The molecule has 15 heteroatoms. The summed E-state index contributed by atoms with van der Waals surface area (Å²) in [6.45, 7) is -0.515. The quantitative estimate of drug-likeness (QED) is 0.221. The van der Waals surface area contributed by atoms with Crippen molar-refractivity contribution in [2.24, 2.45) is 7.05 Å². The molecular formula is C22H23N5O8S2. The van der Waals surface area contributed by atoms with Gasteiger partial charge in [-0.05, 0) is 11.6 Å². The Kier molecular flexibility index (Phi) is 8.04. The number of ether oxygens (including phenoxy) is 1. The smallest absolute Gasteiger partial charge is 0.352 e. The van der Waals surface area contributed by atoms with Crippen molar-refractivity contribution in [3.05, 3.63) is 46.9 Å². The fraction of sp³-hybridized carbons (Fsp3) is 0.364. The molecule has 2 aliphatic heterocycles. The molecule has 0 aliphatic carbocycles. The molecule has 0 saturated carbocycles. The second kappa shape index (κ2) is 11.2. The predicted molar refractivity (Wildman–Crippen MR) is 131 cm³/mol. The summed E-state index contributed by atoms with van der Waals surface area (Å²) in [4.78, 5) is 49.2. The molecule has 4 rings (SSSR count). The number of amides is 2. The first kappa shape index (κ1) is 26.5. The average molecular weight is 550 g/mol. The van der Waals surface area contributed by atoms with Crippen molar-refractivity contribution < 1.29 is 39.2 Å². The number of nitrogens with zero attached hydrogens (tertiary/aromatic N) is 4. The van der Waals surface area contributed by atoms with Crippen molar-refractivity contribution in [3.63, 3.8) is 0 Å². The molecule has 0 radical (unpaired) electrons. The number of fused-ring (bicyclic) bond motifs is 1. The summed E-state index contributed by atoms with van der Waals surface area (Å²) in [6.07, 6.45) is -0.113. The van der Waals surface area contributed by atoms with E-state index >= 15 is 0 Å². The van der Waals surface area contributed by atoms with E-state index in [4.69, 9.17) is 9.84 Å². The van der Waals surface area contributed by atoms with Gasteiger partial charge < -0.3 is 29.9 Å². The number of carbonyl (C=O) groups is 4. The Labute approximate surface area is 218 Å². The van der Waals surface area contributed by atoms with Crippen LogP contribution in [-0.4, -0.2) is 88.3 Å². The average Bonchev–Trinajstić information content (AvgIpc) is 3.20. The number of aromatic hydroxyl groups is 1. The number of phenols is 1. The fourth-order valence-corrected chi connectivity index (χ4v) is 6.24. The van der Waals surface area contributed by atoms with Gasteiger partial charge in [-0.15, -0.1) is 22.0 Å². The minimum Gasteiger partial charge on any atom is -0.508 e. The Morgan fingerprint density at radius 3 is 2.70 bits per heavy atom. The van der Waals surface area contributed by atoms with Crippen LogP contribution < -0.4 is 5.32 Å². The molecular weight excluding hydrogens is 526 g/mol. The highest BCUT2D eigenvalue weighted by Gasteiger charge is 2.54. The molecule has 196 valence electrons. The van der Waals surface area contributed by atoms with E-state index in [0.29, 0.717) is 27.9 Å². The number of nitrogens with one attached hydrogen (secondary N) is 1. The number of benzene rings is 1. The first-order valence-corrected chi connectivity index (χ1v) is 13.0. The second-order valence-corrected chi connectivity index (χ2v) is 10.2. The van der Waals surface area contributed by atoms with Gasteiger partial charge in [0.15, 0.2) is 11.0 Å². The summed E-state index contributed by atoms with van der Waals surface area (Å²) >= 11 is 2.58. The van der Waals surface area contributed by atoms with Crippen molar-refractivity contribution in [3.8, 4) is 5.75 Å². The number of rotatable bonds is 11. The van der Waals surface area contributed by atoms with E-state index in [-0.39, 0.29) is 30.2 Å². The maximum Gasteiger partial charge on any atom is 0.352 e. The summed E-state index contributed by atoms with van der Waals surface area (Å²) in [5.74, 6) is -2.35. The summed E-state index contributed by atoms with van der Waals surface area (Å²) in [5.41, 5.74) is 0.836. The van der Waals surface area contributed by atoms with E-state index in [2.05, 4.69) is 15.5 Å². The molecule has 1 aromatic heterocycles. The monoisotopic (exact) mass is 549 g/mol. The lowest BCUT2D eigenvalue weighted by molar-refractivity contribution is -0.150. The lowest BCUT2D eigenvalue weighted by Crippen LogP contribution is -2.70. The molecule has 1 fully saturated rings. The van der Waals surface area contributed by atoms with Gasteiger partial charge in [0, 0.05) is 24.1 Å². The van der Waals surface area contributed by atoms with Crippen molar-refractivity contribution in [2.75, 3.05) is 18.1 Å². The highest BCUT2D eigenvalue weighted by atomic mass is 32.2. The molecule has 0 bridgehead atoms. The summed E-state index contributed by atoms with van der Waals surface area (Å²) in [7, 11) is 1.68. The number of thioether (sulfide) groups is 2. The number of phenolic OH excluding ortho intramolecular Hbond substituents is 1. The number of β-lactam (4-membered cyclic amide) rings is 1. The third kappa shape index (κ3) is 5.73. The number of carboxylic acid groups (broad SMARTS) is 2. The largest absolute Gasteiger partial charge is 0.508 e. The van der Waals surface area contributed by atoms with Crippen LogP contribution in [0.3, 0.4) is 0 Å². The first-order valence-electron chi connectivity index (χ1n) is 10.9. The van der Waals surface area contributed by atoms with Crippen LogP contribution in [0.5, 0.6) is 5.75 Å². The lowest BCUT2D eigenvalue weighted by atomic mass is 10.0. The Balaban J connectivity index is 1.39. The Bertz CT molecular complexity index is 1280. The molecule has 2 amide bonds. The highest BCUT2D eigenvalue weighted by Crippen LogP contribution is 2.41. The van der Waals surface area contributed by atoms with Crippen LogP contribution in [0, 0.1) is 0 Å². The Hall–Kier alpha value is -3.56. The fourth-order valence-electron chi connectivity index (χ4n) is 3.83. The minimum absolute atomic E-state index is 0.0210. The Morgan fingerprint density at radius 1 is 1.24 bits per heavy atom. The van der Waals surface area contributed by atoms with Crippen molar-refractivity contribution in [1.29, 1.82) is 0 Å². The van der Waals surface area contributed by atoms with Crippen LogP contribution in [0.15, 0.2) is 40.7 Å². The summed E-state index contributed by atoms with van der Waals surface area (Å²) in [5, 5.41) is 39.0. The summed E-state index contributed by atoms with van der Waals surface area (Å²) < 4.78 is 6.65. The first-order chi connectivity index (χ1) is 17.7. The number of aromatic nitrogens is 3. The Morgan fingerprint density at radius 2 is 2.00 bits per heavy atom. The molecule has 1 saturated heterocycles. The van der Waals surface area contributed by atoms with Gasteiger partial charge in [0.1, 0.15) is 36.1 Å². The van der Waals surface area contributed by atoms with E-state index in [1.54, 1.807) is 29.8 Å². The number of carbonyl (C=O) groups excluding carboxylic acids is 2. The number of para-hydroxylation sites is 1. The van der Waals surface area contributed by atoms with E-state index in [1.807, 2.05) is 0 Å². The van der Waals surface area contributed by atoms with Crippen LogP contribution >= 0.6 is 23.5 Å². The molecule has 2 aromatic rings. The van der Waals surface area contributed by atoms with Crippen LogP contribution in [0.4, 0.5) is 0 Å². The second-order valence-electron chi connectivity index (χ2n) is 8.15. The molecule has 3 heterocycles. The highest BCUT2D eigenvalue weighted by molar-refractivity contribution is 8.01. The van der Waals surface area contributed by atoms with Crippen molar-refractivity contribution >= 4 is 47.3 Å². The molecule has 0 spiro atoms. The lowest BCUT2D eigenvalue weighted by Gasteiger charge is -2.49. The van der Waals surface area contributed by atoms with Gasteiger partial charge >= 0.3 is 11.9 Å². The zero-order chi connectivity index (χ0) is 26.7. The van der Waals surface area contributed by atoms with E-state index < -0.39 is 41.8 Å². The van der Waals surface area contributed by atoms with E-state index in [1.165, 1.54) is 34.5 Å². The predicted octanol–water partition coefficient (Wildman–Crippen LogP) is 0.195. The van der Waals surface area contributed by atoms with Gasteiger partial charge in [0.05, 0.1) is 6.42 Å². The van der Waals surface area contributed by atoms with Gasteiger partial charge in [-0.25, -0.2) is 9.59 Å². The summed E-state index contributed by atoms with van der Waals surface area (Å²) in [6, 6.07) is 5.54. The third-order valence-electron chi connectivity index (χ3n) is 5.67. The van der Waals surface area contributed by atoms with Gasteiger partial charge in [0.2, 0.25) is 5.91 Å². The van der Waals surface area contributed by atoms with Crippen molar-refractivity contribution in [1.82, 2.24) is 25.0 Å². The molecule has 1 unspecified atom stereocenters. The topological polar surface area (TPSA) is 184 Å². The molecule has 2 atom stereocenters. The van der Waals surface area contributed by atoms with Crippen LogP contribution in [0.1, 0.15) is 11.4 Å². The number of aliphatic carboxylic acids is 2. The van der Waals surface area contributed by atoms with Crippen LogP contribution in [0.2, 0.25) is 0 Å².